The lowest BCUT2D eigenvalue weighted by Crippen LogP contribution is -2.59. The molecule has 2 aliphatic carbocycles. The third-order valence-corrected chi connectivity index (χ3v) is 7.22. The molecule has 0 radical (unpaired) electrons. The fraction of sp³-hybridized carbons (Fsp3) is 0.400. The molecule has 1 atom stereocenters. The number of benzene rings is 2. The SMILES string of the molecule is O=C(NC(CC(F)F)C(=O)N1CC2CC1(C(=O)O)C2)OCC1c2ccccc2-c2ccccc21. The van der Waals surface area contributed by atoms with Crippen molar-refractivity contribution < 1.29 is 33.0 Å². The van der Waals surface area contributed by atoms with E-state index in [0.717, 1.165) is 27.2 Å². The Kier molecular flexibility index (Phi) is 5.50. The molecule has 178 valence electrons. The van der Waals surface area contributed by atoms with Crippen LogP contribution in [0.15, 0.2) is 48.5 Å². The Morgan fingerprint density at radius 3 is 2.21 bits per heavy atom. The van der Waals surface area contributed by atoms with Crippen molar-refractivity contribution >= 4 is 18.0 Å². The molecule has 2 aromatic rings. The van der Waals surface area contributed by atoms with E-state index in [2.05, 4.69) is 5.32 Å². The quantitative estimate of drug-likeness (QED) is 0.645. The number of hydrogen-bond donors (Lipinski definition) is 2. The van der Waals surface area contributed by atoms with Gasteiger partial charge in [0.1, 0.15) is 18.2 Å². The fourth-order valence-corrected chi connectivity index (χ4v) is 5.64. The molecule has 1 saturated carbocycles. The maximum Gasteiger partial charge on any atom is 0.407 e. The van der Waals surface area contributed by atoms with E-state index >= 15 is 0 Å². The Balaban J connectivity index is 1.28. The lowest BCUT2D eigenvalue weighted by atomic mass is 9.73. The van der Waals surface area contributed by atoms with E-state index in [1.54, 1.807) is 0 Å². The van der Waals surface area contributed by atoms with Crippen LogP contribution in [0.5, 0.6) is 0 Å². The number of carbonyl (C=O) groups excluding carboxylic acids is 2. The van der Waals surface area contributed by atoms with E-state index < -0.39 is 42.4 Å². The molecule has 34 heavy (non-hydrogen) atoms. The van der Waals surface area contributed by atoms with Gasteiger partial charge in [0, 0.05) is 18.9 Å². The van der Waals surface area contributed by atoms with Gasteiger partial charge in [-0.25, -0.2) is 18.4 Å². The van der Waals surface area contributed by atoms with Crippen molar-refractivity contribution in [2.24, 2.45) is 5.92 Å². The number of halogens is 2. The summed E-state index contributed by atoms with van der Waals surface area (Å²) in [5, 5.41) is 11.9. The Labute approximate surface area is 194 Å². The topological polar surface area (TPSA) is 95.9 Å². The van der Waals surface area contributed by atoms with Crippen LogP contribution in [-0.4, -0.2) is 59.1 Å². The number of alkyl carbamates (subject to hydrolysis) is 1. The minimum atomic E-state index is -2.86. The van der Waals surface area contributed by atoms with Gasteiger partial charge < -0.3 is 20.1 Å². The van der Waals surface area contributed by atoms with E-state index in [0.29, 0.717) is 12.8 Å². The summed E-state index contributed by atoms with van der Waals surface area (Å²) < 4.78 is 31.8. The van der Waals surface area contributed by atoms with Crippen LogP contribution in [0.4, 0.5) is 13.6 Å². The maximum absolute atomic E-state index is 13.2. The second-order valence-electron chi connectivity index (χ2n) is 9.21. The molecule has 2 aromatic carbocycles. The summed E-state index contributed by atoms with van der Waals surface area (Å²) in [5.41, 5.74) is 2.73. The summed E-state index contributed by atoms with van der Waals surface area (Å²) >= 11 is 0. The highest BCUT2D eigenvalue weighted by Gasteiger charge is 2.63. The van der Waals surface area contributed by atoms with Crippen molar-refractivity contribution in [2.45, 2.75) is 43.2 Å². The standard InChI is InChI=1S/C25H24F2N2O5/c26-21(27)9-20(22(30)29-12-14-10-25(29,11-14)23(31)32)28-24(33)34-13-19-17-7-3-1-5-15(17)16-6-2-4-8-18(16)19/h1-8,14,19-21H,9-13H2,(H,28,33)(H,31,32). The first kappa shape index (κ1) is 22.3. The lowest BCUT2D eigenvalue weighted by Gasteiger charge is -2.39. The van der Waals surface area contributed by atoms with E-state index in [9.17, 15) is 28.3 Å². The minimum Gasteiger partial charge on any atom is -0.479 e. The first-order chi connectivity index (χ1) is 16.3. The molecular formula is C25H24F2N2O5. The number of aliphatic carboxylic acids is 1. The van der Waals surface area contributed by atoms with Gasteiger partial charge in [-0.05, 0) is 41.0 Å². The number of carboxylic acid groups (broad SMARTS) is 1. The molecule has 3 fully saturated rings. The molecule has 2 saturated heterocycles. The maximum atomic E-state index is 13.2. The Hall–Kier alpha value is -3.49. The van der Waals surface area contributed by atoms with Gasteiger partial charge in [-0.3, -0.25) is 4.79 Å². The normalized spacial score (nSPS) is 23.1. The van der Waals surface area contributed by atoms with Gasteiger partial charge in [0.25, 0.3) is 0 Å². The molecule has 2 heterocycles. The fourth-order valence-electron chi connectivity index (χ4n) is 5.64. The number of alkyl halides is 2. The monoisotopic (exact) mass is 470 g/mol. The zero-order valence-electron chi connectivity index (χ0n) is 18.2. The van der Waals surface area contributed by atoms with Crippen LogP contribution in [0.2, 0.25) is 0 Å². The third kappa shape index (κ3) is 3.59. The number of amides is 2. The Bertz CT molecular complexity index is 1100. The minimum absolute atomic E-state index is 0.0275. The zero-order valence-corrected chi connectivity index (χ0v) is 18.2. The molecule has 4 aliphatic rings. The van der Waals surface area contributed by atoms with Crippen LogP contribution in [0.1, 0.15) is 36.3 Å². The number of ether oxygens (including phenoxy) is 1. The molecule has 9 heteroatoms. The van der Waals surface area contributed by atoms with Crippen LogP contribution in [-0.2, 0) is 14.3 Å². The summed E-state index contributed by atoms with van der Waals surface area (Å²) in [5.74, 6) is -2.13. The van der Waals surface area contributed by atoms with E-state index in [4.69, 9.17) is 4.74 Å². The van der Waals surface area contributed by atoms with Crippen molar-refractivity contribution in [3.63, 3.8) is 0 Å². The van der Waals surface area contributed by atoms with Crippen LogP contribution in [0, 0.1) is 5.92 Å². The second-order valence-corrected chi connectivity index (χ2v) is 9.21. The van der Waals surface area contributed by atoms with Gasteiger partial charge in [-0.15, -0.1) is 0 Å². The van der Waals surface area contributed by atoms with Crippen LogP contribution in [0.3, 0.4) is 0 Å². The molecule has 7 nitrogen and oxygen atoms in total. The van der Waals surface area contributed by atoms with Crippen molar-refractivity contribution in [3.8, 4) is 11.1 Å². The largest absolute Gasteiger partial charge is 0.479 e. The number of nitrogens with one attached hydrogen (secondary N) is 1. The van der Waals surface area contributed by atoms with Crippen molar-refractivity contribution in [1.29, 1.82) is 0 Å². The van der Waals surface area contributed by atoms with Gasteiger partial charge in [-0.2, -0.15) is 0 Å². The predicted molar refractivity (Wildman–Crippen MR) is 117 cm³/mol. The highest BCUT2D eigenvalue weighted by Crippen LogP contribution is 2.51. The van der Waals surface area contributed by atoms with Crippen LogP contribution < -0.4 is 5.32 Å². The molecule has 2 bridgehead atoms. The number of carbonyl (C=O) groups is 3. The van der Waals surface area contributed by atoms with Crippen LogP contribution in [0.25, 0.3) is 11.1 Å². The summed E-state index contributed by atoms with van der Waals surface area (Å²) in [6.45, 7) is 0.164. The average Bonchev–Trinajstić information content (AvgIpc) is 3.45. The highest BCUT2D eigenvalue weighted by molar-refractivity contribution is 5.93. The Morgan fingerprint density at radius 2 is 1.65 bits per heavy atom. The van der Waals surface area contributed by atoms with Gasteiger partial charge >= 0.3 is 12.1 Å². The summed E-state index contributed by atoms with van der Waals surface area (Å²) in [7, 11) is 0. The lowest BCUT2D eigenvalue weighted by molar-refractivity contribution is -0.159. The van der Waals surface area contributed by atoms with Gasteiger partial charge in [-0.1, -0.05) is 48.5 Å². The number of nitrogens with zero attached hydrogens (tertiary/aromatic N) is 1. The average molecular weight is 470 g/mol. The summed E-state index contributed by atoms with van der Waals surface area (Å²) in [6, 6.07) is 14.0. The molecule has 2 amide bonds. The molecule has 0 aromatic heterocycles. The molecule has 6 rings (SSSR count). The van der Waals surface area contributed by atoms with Gasteiger partial charge in [0.15, 0.2) is 0 Å². The van der Waals surface area contributed by atoms with Gasteiger partial charge in [0.2, 0.25) is 12.3 Å². The van der Waals surface area contributed by atoms with E-state index in [-0.39, 0.29) is 25.0 Å². The van der Waals surface area contributed by atoms with E-state index in [1.807, 2.05) is 48.5 Å². The first-order valence-electron chi connectivity index (χ1n) is 11.2. The molecule has 0 spiro atoms. The smallest absolute Gasteiger partial charge is 0.407 e. The summed E-state index contributed by atoms with van der Waals surface area (Å²) in [4.78, 5) is 38.5. The highest BCUT2D eigenvalue weighted by atomic mass is 19.3. The number of rotatable bonds is 7. The number of fused-ring (bicyclic) bond motifs is 4. The van der Waals surface area contributed by atoms with Crippen molar-refractivity contribution in [3.05, 3.63) is 59.7 Å². The summed E-state index contributed by atoms with van der Waals surface area (Å²) in [6.07, 6.45) is -4.15. The number of carboxylic acids is 1. The third-order valence-electron chi connectivity index (χ3n) is 7.22. The molecule has 1 unspecified atom stereocenters. The van der Waals surface area contributed by atoms with E-state index in [1.165, 1.54) is 0 Å². The molecule has 2 N–H and O–H groups in total. The number of hydrogen-bond acceptors (Lipinski definition) is 4. The van der Waals surface area contributed by atoms with Crippen LogP contribution >= 0.6 is 0 Å². The van der Waals surface area contributed by atoms with Gasteiger partial charge in [0.05, 0.1) is 0 Å². The first-order valence-corrected chi connectivity index (χ1v) is 11.2. The van der Waals surface area contributed by atoms with Crippen molar-refractivity contribution in [2.75, 3.05) is 13.2 Å². The molecular weight excluding hydrogens is 446 g/mol. The van der Waals surface area contributed by atoms with Crippen molar-refractivity contribution in [1.82, 2.24) is 10.2 Å². The molecule has 2 aliphatic heterocycles. The zero-order chi connectivity index (χ0) is 24.0. The predicted octanol–water partition coefficient (Wildman–Crippen LogP) is 3.62. The second kappa shape index (κ2) is 8.38. The Morgan fingerprint density at radius 1 is 1.06 bits per heavy atom.